The summed E-state index contributed by atoms with van der Waals surface area (Å²) in [5.41, 5.74) is 4.52. The van der Waals surface area contributed by atoms with Gasteiger partial charge >= 0.3 is 0 Å². The lowest BCUT2D eigenvalue weighted by Crippen LogP contribution is -2.05. The number of ether oxygens (including phenoxy) is 4. The molecule has 0 saturated carbocycles. The maximum absolute atomic E-state index is 6.49. The molecule has 0 aromatic heterocycles. The van der Waals surface area contributed by atoms with E-state index in [0.29, 0.717) is 23.0 Å². The summed E-state index contributed by atoms with van der Waals surface area (Å²) in [7, 11) is 6.46. The number of halogens is 1. The van der Waals surface area contributed by atoms with Crippen molar-refractivity contribution in [1.82, 2.24) is 0 Å². The molecule has 162 valence electrons. The summed E-state index contributed by atoms with van der Waals surface area (Å²) in [6.45, 7) is 0. The second-order valence-corrected chi connectivity index (χ2v) is 6.88. The zero-order chi connectivity index (χ0) is 22.2. The summed E-state index contributed by atoms with van der Waals surface area (Å²) in [5, 5.41) is 3.53. The van der Waals surface area contributed by atoms with Crippen LogP contribution in [0, 0.1) is 0 Å². The first-order chi connectivity index (χ1) is 15.1. The van der Waals surface area contributed by atoms with E-state index < -0.39 is 0 Å². The third-order valence-electron chi connectivity index (χ3n) is 4.88. The van der Waals surface area contributed by atoms with Crippen LogP contribution in [0.2, 0.25) is 0 Å². The van der Waals surface area contributed by atoms with Crippen molar-refractivity contribution in [2.45, 2.75) is 0 Å². The lowest BCUT2D eigenvalue weighted by Gasteiger charge is -2.19. The molecule has 0 saturated heterocycles. The minimum atomic E-state index is 0.277. The van der Waals surface area contributed by atoms with E-state index in [-0.39, 0.29) is 5.88 Å². The van der Waals surface area contributed by atoms with Gasteiger partial charge in [-0.25, -0.2) is 0 Å². The van der Waals surface area contributed by atoms with Crippen LogP contribution < -0.4 is 24.3 Å². The number of hydrogen-bond acceptors (Lipinski definition) is 5. The van der Waals surface area contributed by atoms with E-state index in [0.717, 1.165) is 28.1 Å². The molecule has 0 atom stereocenters. The molecule has 0 bridgehead atoms. The molecule has 0 aliphatic carbocycles. The van der Waals surface area contributed by atoms with Gasteiger partial charge in [0.2, 0.25) is 0 Å². The molecule has 6 heteroatoms. The monoisotopic (exact) mass is 439 g/mol. The van der Waals surface area contributed by atoms with Gasteiger partial charge in [-0.2, -0.15) is 0 Å². The maximum Gasteiger partial charge on any atom is 0.161 e. The van der Waals surface area contributed by atoms with Crippen LogP contribution in [0.5, 0.6) is 23.0 Å². The number of para-hydroxylation sites is 1. The largest absolute Gasteiger partial charge is 0.493 e. The predicted octanol–water partition coefficient (Wildman–Crippen LogP) is 5.94. The van der Waals surface area contributed by atoms with E-state index in [4.69, 9.17) is 30.5 Å². The molecule has 0 fully saturated rings. The Bertz CT molecular complexity index is 1050. The molecule has 0 heterocycles. The molecular weight excluding hydrogens is 414 g/mol. The summed E-state index contributed by atoms with van der Waals surface area (Å²) in [4.78, 5) is 0. The Morgan fingerprint density at radius 1 is 0.677 bits per heavy atom. The number of rotatable bonds is 9. The van der Waals surface area contributed by atoms with Crippen LogP contribution in [-0.4, -0.2) is 34.3 Å². The van der Waals surface area contributed by atoms with E-state index in [1.165, 1.54) is 0 Å². The maximum atomic E-state index is 6.49. The van der Waals surface area contributed by atoms with Crippen molar-refractivity contribution >= 4 is 28.6 Å². The fourth-order valence-corrected chi connectivity index (χ4v) is 3.58. The Hall–Kier alpha value is -3.31. The molecule has 31 heavy (non-hydrogen) atoms. The Kier molecular flexibility index (Phi) is 7.68. The Morgan fingerprint density at radius 3 is 1.71 bits per heavy atom. The third-order valence-corrected chi connectivity index (χ3v) is 5.15. The zero-order valence-electron chi connectivity index (χ0n) is 18.1. The van der Waals surface area contributed by atoms with E-state index >= 15 is 0 Å². The van der Waals surface area contributed by atoms with Gasteiger partial charge in [0.15, 0.2) is 23.0 Å². The van der Waals surface area contributed by atoms with Gasteiger partial charge in [0.25, 0.3) is 0 Å². The average molecular weight is 440 g/mol. The molecule has 3 aromatic rings. The highest BCUT2D eigenvalue weighted by atomic mass is 35.5. The van der Waals surface area contributed by atoms with Gasteiger partial charge in [-0.15, -0.1) is 11.6 Å². The summed E-state index contributed by atoms with van der Waals surface area (Å²) in [6.07, 6.45) is 0. The number of methoxy groups -OCH3 is 4. The number of alkyl halides is 1. The second kappa shape index (κ2) is 10.6. The van der Waals surface area contributed by atoms with Crippen molar-refractivity contribution in [1.29, 1.82) is 0 Å². The normalized spacial score (nSPS) is 11.4. The van der Waals surface area contributed by atoms with Crippen molar-refractivity contribution in [3.05, 3.63) is 77.9 Å². The number of benzene rings is 3. The predicted molar refractivity (Wildman–Crippen MR) is 127 cm³/mol. The van der Waals surface area contributed by atoms with E-state index in [1.807, 2.05) is 66.7 Å². The average Bonchev–Trinajstić information content (AvgIpc) is 2.83. The minimum Gasteiger partial charge on any atom is -0.493 e. The third kappa shape index (κ3) is 5.06. The summed E-state index contributed by atoms with van der Waals surface area (Å²) in [5.74, 6) is 2.86. The summed E-state index contributed by atoms with van der Waals surface area (Å²) < 4.78 is 21.8. The van der Waals surface area contributed by atoms with Crippen LogP contribution >= 0.6 is 11.6 Å². The first-order valence-electron chi connectivity index (χ1n) is 9.71. The van der Waals surface area contributed by atoms with Crippen molar-refractivity contribution in [2.75, 3.05) is 39.6 Å². The van der Waals surface area contributed by atoms with Crippen molar-refractivity contribution in [2.24, 2.45) is 0 Å². The Balaban J connectivity index is 2.21. The molecule has 3 rings (SSSR count). The number of nitrogens with one attached hydrogen (secondary N) is 1. The molecular formula is C25H26ClNO4. The van der Waals surface area contributed by atoms with E-state index in [1.54, 1.807) is 28.4 Å². The van der Waals surface area contributed by atoms with Crippen LogP contribution in [-0.2, 0) is 0 Å². The van der Waals surface area contributed by atoms with Crippen LogP contribution in [0.25, 0.3) is 11.3 Å². The highest BCUT2D eigenvalue weighted by Crippen LogP contribution is 2.37. The molecule has 0 aliphatic heterocycles. The number of anilines is 1. The zero-order valence-corrected chi connectivity index (χ0v) is 18.8. The van der Waals surface area contributed by atoms with Crippen LogP contribution in [0.3, 0.4) is 0 Å². The number of hydrogen-bond donors (Lipinski definition) is 1. The Morgan fingerprint density at radius 2 is 1.19 bits per heavy atom. The molecule has 0 radical (unpaired) electrons. The topological polar surface area (TPSA) is 49.0 Å². The van der Waals surface area contributed by atoms with Crippen molar-refractivity contribution < 1.29 is 18.9 Å². The van der Waals surface area contributed by atoms with E-state index in [9.17, 15) is 0 Å². The fourth-order valence-electron chi connectivity index (χ4n) is 3.29. The lowest BCUT2D eigenvalue weighted by molar-refractivity contribution is 0.355. The summed E-state index contributed by atoms with van der Waals surface area (Å²) >= 11 is 6.49. The second-order valence-electron chi connectivity index (χ2n) is 6.62. The molecule has 0 unspecified atom stereocenters. The van der Waals surface area contributed by atoms with Crippen molar-refractivity contribution in [3.63, 3.8) is 0 Å². The van der Waals surface area contributed by atoms with Gasteiger partial charge in [-0.05, 0) is 53.6 Å². The Labute approximate surface area is 188 Å². The van der Waals surface area contributed by atoms with Gasteiger partial charge in [0.05, 0.1) is 40.0 Å². The molecule has 0 spiro atoms. The molecule has 0 amide bonds. The highest BCUT2D eigenvalue weighted by Gasteiger charge is 2.16. The fraction of sp³-hybridized carbons (Fsp3) is 0.200. The number of allylic oxidation sites excluding steroid dienone is 1. The quantitative estimate of drug-likeness (QED) is 0.330. The van der Waals surface area contributed by atoms with Crippen LogP contribution in [0.1, 0.15) is 11.1 Å². The summed E-state index contributed by atoms with van der Waals surface area (Å²) in [6, 6.07) is 21.5. The highest BCUT2D eigenvalue weighted by molar-refractivity contribution is 6.25. The van der Waals surface area contributed by atoms with E-state index in [2.05, 4.69) is 5.32 Å². The van der Waals surface area contributed by atoms with Gasteiger partial charge < -0.3 is 24.3 Å². The smallest absolute Gasteiger partial charge is 0.161 e. The van der Waals surface area contributed by atoms with Gasteiger partial charge in [-0.3, -0.25) is 0 Å². The minimum absolute atomic E-state index is 0.277. The molecule has 3 aromatic carbocycles. The SMILES string of the molecule is COc1ccc(/C(CCl)=C(\Nc2ccccc2)c2ccc(OC)c(OC)c2)cc1OC. The van der Waals surface area contributed by atoms with Crippen molar-refractivity contribution in [3.8, 4) is 23.0 Å². The van der Waals surface area contributed by atoms with Crippen LogP contribution in [0.15, 0.2) is 66.7 Å². The first-order valence-corrected chi connectivity index (χ1v) is 10.2. The molecule has 1 N–H and O–H groups in total. The van der Waals surface area contributed by atoms with Gasteiger partial charge in [0.1, 0.15) is 0 Å². The van der Waals surface area contributed by atoms with Gasteiger partial charge in [-0.1, -0.05) is 24.3 Å². The molecule has 0 aliphatic rings. The molecule has 5 nitrogen and oxygen atoms in total. The lowest BCUT2D eigenvalue weighted by atomic mass is 9.99. The van der Waals surface area contributed by atoms with Gasteiger partial charge in [0, 0.05) is 11.3 Å². The standard InChI is InChI=1S/C25H26ClNO4/c1-28-21-12-10-17(14-23(21)30-3)20(16-26)25(27-19-8-6-5-7-9-19)18-11-13-22(29-2)24(15-18)31-4/h5-15,27H,16H2,1-4H3/b25-20-. The van der Waals surface area contributed by atoms with Crippen LogP contribution in [0.4, 0.5) is 5.69 Å². The first kappa shape index (κ1) is 22.4.